The predicted octanol–water partition coefficient (Wildman–Crippen LogP) is 3.41. The molecule has 0 saturated carbocycles. The lowest BCUT2D eigenvalue weighted by atomic mass is 10.2. The lowest BCUT2D eigenvalue weighted by molar-refractivity contribution is 0.292. The van der Waals surface area contributed by atoms with Gasteiger partial charge >= 0.3 is 0 Å². The second-order valence-electron chi connectivity index (χ2n) is 7.70. The van der Waals surface area contributed by atoms with Gasteiger partial charge in [0.15, 0.2) is 34.7 Å². The van der Waals surface area contributed by atoms with Crippen LogP contribution in [0.4, 0.5) is 23.4 Å². The van der Waals surface area contributed by atoms with Gasteiger partial charge in [0.2, 0.25) is 5.65 Å². The summed E-state index contributed by atoms with van der Waals surface area (Å²) in [4.78, 5) is 26.2. The summed E-state index contributed by atoms with van der Waals surface area (Å²) in [6, 6.07) is 4.13. The molecule has 0 spiro atoms. The molecule has 0 atom stereocenters. The molecule has 0 aliphatic carbocycles. The minimum Gasteiger partial charge on any atom is -0.396 e. The van der Waals surface area contributed by atoms with Gasteiger partial charge in [-0.1, -0.05) is 0 Å². The third-order valence-corrected chi connectivity index (χ3v) is 5.38. The van der Waals surface area contributed by atoms with E-state index in [-0.39, 0.29) is 17.8 Å². The molecule has 3 N–H and O–H groups in total. The van der Waals surface area contributed by atoms with Crippen LogP contribution in [0, 0.1) is 23.3 Å². The molecule has 4 aromatic heterocycles. The predicted molar refractivity (Wildman–Crippen MR) is 124 cm³/mol. The van der Waals surface area contributed by atoms with Gasteiger partial charge in [-0.25, -0.2) is 32.5 Å². The van der Waals surface area contributed by atoms with E-state index in [0.29, 0.717) is 41.0 Å². The van der Waals surface area contributed by atoms with E-state index in [1.54, 1.807) is 16.8 Å². The molecule has 0 amide bonds. The summed E-state index contributed by atoms with van der Waals surface area (Å²) < 4.78 is 55.8. The highest BCUT2D eigenvalue weighted by atomic mass is 19.2. The van der Waals surface area contributed by atoms with Gasteiger partial charge in [0.05, 0.1) is 22.1 Å². The Morgan fingerprint density at radius 2 is 1.47 bits per heavy atom. The van der Waals surface area contributed by atoms with Crippen LogP contribution in [0.15, 0.2) is 53.8 Å². The molecule has 36 heavy (non-hydrogen) atoms. The van der Waals surface area contributed by atoms with Crippen LogP contribution in [0.3, 0.4) is 0 Å². The number of rotatable bonds is 4. The first-order chi connectivity index (χ1) is 17.4. The molecule has 0 aliphatic heterocycles. The van der Waals surface area contributed by atoms with Crippen molar-refractivity contribution in [1.82, 2.24) is 28.7 Å². The average molecular weight is 499 g/mol. The highest BCUT2D eigenvalue weighted by Crippen LogP contribution is 2.23. The first-order valence-corrected chi connectivity index (χ1v) is 10.7. The van der Waals surface area contributed by atoms with Crippen LogP contribution in [0.2, 0.25) is 0 Å². The van der Waals surface area contributed by atoms with Crippen LogP contribution in [0.5, 0.6) is 0 Å². The van der Waals surface area contributed by atoms with E-state index in [1.165, 1.54) is 16.8 Å². The zero-order valence-corrected chi connectivity index (χ0v) is 18.3. The minimum absolute atomic E-state index is 0.0607. The molecule has 184 valence electrons. The number of halogens is 4. The number of benzene rings is 2. The topological polar surface area (TPSA) is 113 Å². The maximum Gasteiger partial charge on any atom is 0.292 e. The van der Waals surface area contributed by atoms with Gasteiger partial charge in [0.25, 0.3) is 5.56 Å². The molecular formula is C23H17F4N7O2. The van der Waals surface area contributed by atoms with E-state index >= 15 is 0 Å². The van der Waals surface area contributed by atoms with Gasteiger partial charge < -0.3 is 15.4 Å². The third-order valence-electron chi connectivity index (χ3n) is 5.38. The fraction of sp³-hybridized carbons (Fsp3) is 0.130. The fourth-order valence-electron chi connectivity index (χ4n) is 3.74. The number of aromatic amines is 1. The van der Waals surface area contributed by atoms with Crippen molar-refractivity contribution in [2.75, 3.05) is 18.5 Å². The summed E-state index contributed by atoms with van der Waals surface area (Å²) >= 11 is 0. The zero-order chi connectivity index (χ0) is 25.4. The first kappa shape index (κ1) is 23.2. The molecule has 0 aliphatic rings. The summed E-state index contributed by atoms with van der Waals surface area (Å²) in [5.41, 5.74) is 1.62. The van der Waals surface area contributed by atoms with E-state index in [2.05, 4.69) is 25.3 Å². The van der Waals surface area contributed by atoms with Crippen LogP contribution >= 0.6 is 0 Å². The summed E-state index contributed by atoms with van der Waals surface area (Å²) in [7, 11) is 0. The molecule has 0 fully saturated rings. The normalized spacial score (nSPS) is 11.4. The molecule has 0 bridgehead atoms. The Kier molecular flexibility index (Phi) is 5.98. The second-order valence-corrected chi connectivity index (χ2v) is 7.70. The molecule has 6 aromatic rings. The quantitative estimate of drug-likeness (QED) is 0.253. The molecule has 13 heteroatoms. The Labute approximate surface area is 198 Å². The van der Waals surface area contributed by atoms with E-state index in [9.17, 15) is 22.4 Å². The molecule has 0 unspecified atom stereocenters. The number of aliphatic hydroxyl groups is 1. The number of aromatic nitrogens is 6. The van der Waals surface area contributed by atoms with E-state index in [4.69, 9.17) is 5.11 Å². The minimum atomic E-state index is -0.998. The van der Waals surface area contributed by atoms with Crippen LogP contribution in [0.25, 0.3) is 33.4 Å². The molecule has 0 saturated heterocycles. The van der Waals surface area contributed by atoms with Crippen molar-refractivity contribution < 1.29 is 22.7 Å². The second kappa shape index (κ2) is 9.26. The van der Waals surface area contributed by atoms with Gasteiger partial charge in [0.1, 0.15) is 0 Å². The van der Waals surface area contributed by atoms with Crippen molar-refractivity contribution >= 4 is 39.2 Å². The highest BCUT2D eigenvalue weighted by Gasteiger charge is 2.13. The van der Waals surface area contributed by atoms with Crippen molar-refractivity contribution in [2.45, 2.75) is 6.42 Å². The lowest BCUT2D eigenvalue weighted by Crippen LogP contribution is -2.11. The zero-order valence-electron chi connectivity index (χ0n) is 18.3. The monoisotopic (exact) mass is 499 g/mol. The number of nitrogens with zero attached hydrogens (tertiary/aromatic N) is 5. The Bertz CT molecular complexity index is 1790. The van der Waals surface area contributed by atoms with E-state index in [1.807, 2.05) is 0 Å². The van der Waals surface area contributed by atoms with E-state index < -0.39 is 28.8 Å². The number of imidazole rings is 2. The van der Waals surface area contributed by atoms with Crippen molar-refractivity contribution in [1.29, 1.82) is 0 Å². The molecule has 0 radical (unpaired) electrons. The summed E-state index contributed by atoms with van der Waals surface area (Å²) in [6.45, 7) is 0.576. The number of hydrogen-bond acceptors (Lipinski definition) is 6. The van der Waals surface area contributed by atoms with Crippen molar-refractivity contribution in [3.8, 4) is 0 Å². The maximum absolute atomic E-state index is 13.4. The van der Waals surface area contributed by atoms with Crippen molar-refractivity contribution in [3.63, 3.8) is 0 Å². The Morgan fingerprint density at radius 1 is 0.861 bits per heavy atom. The van der Waals surface area contributed by atoms with Gasteiger partial charge in [-0.15, -0.1) is 0 Å². The number of anilines is 1. The smallest absolute Gasteiger partial charge is 0.292 e. The first-order valence-electron chi connectivity index (χ1n) is 10.7. The maximum atomic E-state index is 13.4. The van der Waals surface area contributed by atoms with Gasteiger partial charge in [-0.05, 0) is 6.42 Å². The summed E-state index contributed by atoms with van der Waals surface area (Å²) in [5.74, 6) is -3.35. The standard InChI is InChI=1S/C13H12F2N4O.C10H5F2N3O/c14-8-6-10-11(7-9(8)15)19-4-3-17-13(19)12(18-10)16-2-1-5-20;11-5-3-7-8(4-6(5)12)15-2-1-13-9(15)10(16)14-7/h3-4,6-7,20H,1-2,5H2,(H,16,18);1-4H,(H,14,16). The van der Waals surface area contributed by atoms with Gasteiger partial charge in [-0.3, -0.25) is 13.6 Å². The van der Waals surface area contributed by atoms with Crippen LogP contribution < -0.4 is 10.9 Å². The van der Waals surface area contributed by atoms with Crippen LogP contribution in [-0.4, -0.2) is 47.0 Å². The molecule has 2 aromatic carbocycles. The Morgan fingerprint density at radius 3 is 2.19 bits per heavy atom. The highest BCUT2D eigenvalue weighted by molar-refractivity contribution is 5.83. The van der Waals surface area contributed by atoms with Crippen LogP contribution in [0.1, 0.15) is 6.42 Å². The largest absolute Gasteiger partial charge is 0.396 e. The third kappa shape index (κ3) is 4.09. The Balaban J connectivity index is 0.000000152. The summed E-state index contributed by atoms with van der Waals surface area (Å²) in [5, 5.41) is 11.8. The average Bonchev–Trinajstić information content (AvgIpc) is 3.53. The molecule has 6 rings (SSSR count). The number of fused-ring (bicyclic) bond motifs is 6. The van der Waals surface area contributed by atoms with Gasteiger partial charge in [0, 0.05) is 62.2 Å². The van der Waals surface area contributed by atoms with E-state index in [0.717, 1.165) is 24.3 Å². The lowest BCUT2D eigenvalue weighted by Gasteiger charge is -2.09. The summed E-state index contributed by atoms with van der Waals surface area (Å²) in [6.07, 6.45) is 6.72. The Hall–Kier alpha value is -4.52. The number of H-pyrrole nitrogens is 1. The molecular weight excluding hydrogens is 482 g/mol. The van der Waals surface area contributed by atoms with Crippen molar-refractivity contribution in [3.05, 3.63) is 82.7 Å². The van der Waals surface area contributed by atoms with Crippen LogP contribution in [-0.2, 0) is 0 Å². The molecule has 9 nitrogen and oxygen atoms in total. The SMILES string of the molecule is O=c1[nH]c2cc(F)c(F)cc2n2ccnc12.OCCCNc1nc2cc(F)c(F)cc2n2ccnc12. The molecule has 4 heterocycles. The number of aliphatic hydroxyl groups excluding tert-OH is 1. The number of nitrogens with one attached hydrogen (secondary N) is 2. The van der Waals surface area contributed by atoms with Crippen molar-refractivity contribution in [2.24, 2.45) is 0 Å². The van der Waals surface area contributed by atoms with Gasteiger partial charge in [-0.2, -0.15) is 0 Å². The fourth-order valence-corrected chi connectivity index (χ4v) is 3.74. The number of hydrogen-bond donors (Lipinski definition) is 3.